The smallest absolute Gasteiger partial charge is 0.213 e. The van der Waals surface area contributed by atoms with Crippen LogP contribution in [0.15, 0.2) is 29.0 Å². The van der Waals surface area contributed by atoms with Crippen LogP contribution < -0.4 is 16.4 Å². The van der Waals surface area contributed by atoms with Gasteiger partial charge in [0.2, 0.25) is 5.79 Å². The van der Waals surface area contributed by atoms with Crippen molar-refractivity contribution in [1.82, 2.24) is 25.3 Å². The Morgan fingerprint density at radius 1 is 1.33 bits per heavy atom. The molecule has 0 radical (unpaired) electrons. The first-order valence-electron chi connectivity index (χ1n) is 9.63. The summed E-state index contributed by atoms with van der Waals surface area (Å²) in [7, 11) is 1.59. The Hall–Kier alpha value is -2.00. The maximum atomic E-state index is 14.9. The van der Waals surface area contributed by atoms with Gasteiger partial charge in [-0.1, -0.05) is 12.8 Å². The molecule has 1 aromatic rings. The molecular weight excluding hydrogens is 352 g/mol. The lowest BCUT2D eigenvalue weighted by atomic mass is 10.0. The van der Waals surface area contributed by atoms with Gasteiger partial charge in [0.05, 0.1) is 24.0 Å². The fraction of sp³-hybridized carbons (Fsp3) is 0.667. The largest absolute Gasteiger partial charge is 0.372 e. The zero-order valence-corrected chi connectivity index (χ0v) is 15.5. The van der Waals surface area contributed by atoms with Gasteiger partial charge in [-0.2, -0.15) is 5.10 Å². The molecule has 1 aromatic heterocycles. The van der Waals surface area contributed by atoms with Crippen LogP contribution in [0.5, 0.6) is 0 Å². The van der Waals surface area contributed by atoms with E-state index in [0.29, 0.717) is 24.6 Å². The fourth-order valence-electron chi connectivity index (χ4n) is 4.37. The highest BCUT2D eigenvalue weighted by Gasteiger charge is 2.37. The standard InChI is InChI=1S/C18H27F2N7/c1-22-17-14(19)9-23-18(21,25-17)12-8-24-27(10-12)16-6-7-26(11-15(16)20)13-4-2-3-5-13/h8-10,13,15-16,22,25H,2-7,11,21H2,1H3/t15-,16-,18?/m1/s1. The molecule has 148 valence electrons. The normalized spacial score (nSPS) is 32.7. The number of rotatable bonds is 4. The molecule has 4 N–H and O–H groups in total. The summed E-state index contributed by atoms with van der Waals surface area (Å²) in [4.78, 5) is 6.36. The predicted octanol–water partition coefficient (Wildman–Crippen LogP) is 1.51. The van der Waals surface area contributed by atoms with Gasteiger partial charge in [-0.3, -0.25) is 15.3 Å². The Morgan fingerprint density at radius 2 is 2.11 bits per heavy atom. The van der Waals surface area contributed by atoms with E-state index in [1.165, 1.54) is 25.7 Å². The highest BCUT2D eigenvalue weighted by atomic mass is 19.1. The molecule has 0 spiro atoms. The number of aromatic nitrogens is 2. The molecular formula is C18H27F2N7. The summed E-state index contributed by atoms with van der Waals surface area (Å²) in [6.07, 6.45) is 8.95. The van der Waals surface area contributed by atoms with Crippen LogP contribution in [-0.4, -0.2) is 53.2 Å². The van der Waals surface area contributed by atoms with Gasteiger partial charge in [0.15, 0.2) is 5.83 Å². The predicted molar refractivity (Wildman–Crippen MR) is 99.3 cm³/mol. The van der Waals surface area contributed by atoms with Crippen molar-refractivity contribution in [3.63, 3.8) is 0 Å². The molecule has 1 saturated heterocycles. The lowest BCUT2D eigenvalue weighted by Crippen LogP contribution is -2.52. The molecule has 3 aliphatic rings. The number of nitrogens with two attached hydrogens (primary N) is 1. The van der Waals surface area contributed by atoms with Gasteiger partial charge >= 0.3 is 0 Å². The van der Waals surface area contributed by atoms with E-state index in [-0.39, 0.29) is 11.9 Å². The SMILES string of the molecule is CNC1=C(F)C=NC(N)(c2cnn([C@@H]3CCN(C4CCCC4)C[C@H]3F)c2)N1. The second-order valence-corrected chi connectivity index (χ2v) is 7.64. The van der Waals surface area contributed by atoms with Crippen LogP contribution >= 0.6 is 0 Å². The van der Waals surface area contributed by atoms with Gasteiger partial charge in [0.1, 0.15) is 12.0 Å². The minimum Gasteiger partial charge on any atom is -0.372 e. The molecule has 4 rings (SSSR count). The third-order valence-electron chi connectivity index (χ3n) is 5.95. The molecule has 1 aliphatic carbocycles. The van der Waals surface area contributed by atoms with Gasteiger partial charge in [0, 0.05) is 32.4 Å². The molecule has 27 heavy (non-hydrogen) atoms. The number of hydrogen-bond acceptors (Lipinski definition) is 6. The molecule has 2 aliphatic heterocycles. The van der Waals surface area contributed by atoms with Crippen LogP contribution in [0.25, 0.3) is 0 Å². The van der Waals surface area contributed by atoms with Crippen molar-refractivity contribution in [3.05, 3.63) is 29.6 Å². The first-order valence-corrected chi connectivity index (χ1v) is 9.63. The molecule has 7 nitrogen and oxygen atoms in total. The molecule has 0 aromatic carbocycles. The molecule has 9 heteroatoms. The molecule has 0 amide bonds. The van der Waals surface area contributed by atoms with Crippen molar-refractivity contribution in [2.75, 3.05) is 20.1 Å². The van der Waals surface area contributed by atoms with Gasteiger partial charge in [-0.25, -0.2) is 13.8 Å². The number of allylic oxidation sites excluding steroid dienone is 1. The molecule has 3 heterocycles. The molecule has 0 bridgehead atoms. The summed E-state index contributed by atoms with van der Waals surface area (Å²) < 4.78 is 30.2. The average molecular weight is 379 g/mol. The number of likely N-dealkylation sites (tertiary alicyclic amines) is 1. The van der Waals surface area contributed by atoms with Crippen LogP contribution in [0.4, 0.5) is 8.78 Å². The second-order valence-electron chi connectivity index (χ2n) is 7.64. The fourth-order valence-corrected chi connectivity index (χ4v) is 4.37. The first kappa shape index (κ1) is 18.4. The molecule has 1 saturated carbocycles. The monoisotopic (exact) mass is 379 g/mol. The summed E-state index contributed by atoms with van der Waals surface area (Å²) in [6.45, 7) is 1.33. The summed E-state index contributed by atoms with van der Waals surface area (Å²) in [6, 6.07) is 0.218. The summed E-state index contributed by atoms with van der Waals surface area (Å²) in [5.74, 6) is -1.69. The van der Waals surface area contributed by atoms with Gasteiger partial charge in [0.25, 0.3) is 0 Å². The topological polar surface area (TPSA) is 83.5 Å². The highest BCUT2D eigenvalue weighted by molar-refractivity contribution is 5.78. The summed E-state index contributed by atoms with van der Waals surface area (Å²) >= 11 is 0. The van der Waals surface area contributed by atoms with E-state index in [9.17, 15) is 8.78 Å². The summed E-state index contributed by atoms with van der Waals surface area (Å²) in [5.41, 5.74) is 6.85. The first-order chi connectivity index (χ1) is 13.0. The highest BCUT2D eigenvalue weighted by Crippen LogP contribution is 2.32. The van der Waals surface area contributed by atoms with Gasteiger partial charge < -0.3 is 10.6 Å². The lowest BCUT2D eigenvalue weighted by Gasteiger charge is -2.38. The Kier molecular flexibility index (Phi) is 4.90. The number of nitrogens with one attached hydrogen (secondary N) is 2. The Bertz CT molecular complexity index is 740. The second kappa shape index (κ2) is 7.20. The summed E-state index contributed by atoms with van der Waals surface area (Å²) in [5, 5.41) is 9.89. The zero-order valence-electron chi connectivity index (χ0n) is 15.5. The average Bonchev–Trinajstić information content (AvgIpc) is 3.36. The van der Waals surface area contributed by atoms with Crippen molar-refractivity contribution < 1.29 is 8.78 Å². The van der Waals surface area contributed by atoms with Gasteiger partial charge in [-0.05, 0) is 19.3 Å². The van der Waals surface area contributed by atoms with E-state index >= 15 is 0 Å². The minimum atomic E-state index is -1.33. The molecule has 1 unspecified atom stereocenters. The number of piperidine rings is 1. The number of aliphatic imine (C=N–C) groups is 1. The maximum absolute atomic E-state index is 14.9. The van der Waals surface area contributed by atoms with Crippen LogP contribution in [0.1, 0.15) is 43.7 Å². The van der Waals surface area contributed by atoms with Crippen molar-refractivity contribution in [1.29, 1.82) is 0 Å². The number of nitrogens with zero attached hydrogens (tertiary/aromatic N) is 4. The minimum absolute atomic E-state index is 0.161. The van der Waals surface area contributed by atoms with E-state index in [0.717, 1.165) is 12.8 Å². The van der Waals surface area contributed by atoms with Gasteiger partial charge in [-0.15, -0.1) is 0 Å². The van der Waals surface area contributed by atoms with E-state index in [1.54, 1.807) is 24.1 Å². The van der Waals surface area contributed by atoms with E-state index in [1.807, 2.05) is 0 Å². The van der Waals surface area contributed by atoms with Crippen LogP contribution in [0, 0.1) is 0 Å². The number of halogens is 2. The molecule has 2 fully saturated rings. The van der Waals surface area contributed by atoms with Crippen LogP contribution in [0.2, 0.25) is 0 Å². The van der Waals surface area contributed by atoms with Crippen molar-refractivity contribution in [2.45, 2.75) is 56.1 Å². The third kappa shape index (κ3) is 3.45. The van der Waals surface area contributed by atoms with Crippen molar-refractivity contribution in [3.8, 4) is 0 Å². The molecule has 3 atom stereocenters. The Balaban J connectivity index is 1.46. The van der Waals surface area contributed by atoms with E-state index in [4.69, 9.17) is 5.73 Å². The van der Waals surface area contributed by atoms with Crippen molar-refractivity contribution in [2.24, 2.45) is 10.7 Å². The van der Waals surface area contributed by atoms with Crippen molar-refractivity contribution >= 4 is 6.21 Å². The Labute approximate surface area is 157 Å². The van der Waals surface area contributed by atoms with E-state index < -0.39 is 17.8 Å². The number of alkyl halides is 1. The number of hydrogen-bond donors (Lipinski definition) is 3. The van der Waals surface area contributed by atoms with Crippen LogP contribution in [-0.2, 0) is 5.79 Å². The Morgan fingerprint density at radius 3 is 2.81 bits per heavy atom. The lowest BCUT2D eigenvalue weighted by molar-refractivity contribution is 0.0571. The quantitative estimate of drug-likeness (QED) is 0.739. The zero-order chi connectivity index (χ0) is 19.0. The third-order valence-corrected chi connectivity index (χ3v) is 5.95. The van der Waals surface area contributed by atoms with Crippen LogP contribution in [0.3, 0.4) is 0 Å². The maximum Gasteiger partial charge on any atom is 0.213 e. The van der Waals surface area contributed by atoms with E-state index in [2.05, 4.69) is 25.6 Å².